The summed E-state index contributed by atoms with van der Waals surface area (Å²) in [6.45, 7) is 2.53. The highest BCUT2D eigenvalue weighted by Gasteiger charge is 2.35. The van der Waals surface area contributed by atoms with Crippen molar-refractivity contribution in [3.05, 3.63) is 30.1 Å². The molecule has 0 bridgehead atoms. The van der Waals surface area contributed by atoms with Crippen LogP contribution in [0.2, 0.25) is 0 Å². The van der Waals surface area contributed by atoms with Gasteiger partial charge in [0.15, 0.2) is 0 Å². The molecule has 2 unspecified atom stereocenters. The molecule has 1 aliphatic heterocycles. The van der Waals surface area contributed by atoms with Gasteiger partial charge in [-0.05, 0) is 43.2 Å². The monoisotopic (exact) mass is 331 g/mol. The molecule has 0 spiro atoms. The maximum Gasteiger partial charge on any atom is 0.237 e. The van der Waals surface area contributed by atoms with Crippen molar-refractivity contribution in [2.45, 2.75) is 51.1 Å². The standard InChI is InChI=1S/C19H29N3O2/c23-12-11-21(14-16-5-3-9-20-13-16)15-19(24)22-10-4-7-17-6-1-2-8-18(17)22/h3,5,9,13,17-18,23H,1-2,4,6-8,10-12,14-15H2. The van der Waals surface area contributed by atoms with E-state index < -0.39 is 0 Å². The van der Waals surface area contributed by atoms with Crippen molar-refractivity contribution in [3.8, 4) is 0 Å². The molecule has 2 heterocycles. The van der Waals surface area contributed by atoms with Crippen molar-refractivity contribution in [1.29, 1.82) is 0 Å². The highest BCUT2D eigenvalue weighted by molar-refractivity contribution is 5.78. The minimum atomic E-state index is 0.0690. The third-order valence-corrected chi connectivity index (χ3v) is 5.47. The van der Waals surface area contributed by atoms with E-state index in [1.807, 2.05) is 23.2 Å². The van der Waals surface area contributed by atoms with Gasteiger partial charge in [-0.15, -0.1) is 0 Å². The van der Waals surface area contributed by atoms with Crippen LogP contribution >= 0.6 is 0 Å². The van der Waals surface area contributed by atoms with Crippen LogP contribution in [0.1, 0.15) is 44.1 Å². The Labute approximate surface area is 144 Å². The number of hydrogen-bond acceptors (Lipinski definition) is 4. The van der Waals surface area contributed by atoms with Crippen LogP contribution < -0.4 is 0 Å². The number of aromatic nitrogens is 1. The summed E-state index contributed by atoms with van der Waals surface area (Å²) in [4.78, 5) is 21.2. The van der Waals surface area contributed by atoms with Crippen molar-refractivity contribution < 1.29 is 9.90 Å². The molecule has 24 heavy (non-hydrogen) atoms. The number of hydrogen-bond donors (Lipinski definition) is 1. The van der Waals surface area contributed by atoms with Gasteiger partial charge < -0.3 is 10.0 Å². The van der Waals surface area contributed by atoms with Gasteiger partial charge in [-0.25, -0.2) is 0 Å². The molecule has 2 aliphatic rings. The van der Waals surface area contributed by atoms with Crippen LogP contribution in [0.3, 0.4) is 0 Å². The quantitative estimate of drug-likeness (QED) is 0.867. The Hall–Kier alpha value is -1.46. The van der Waals surface area contributed by atoms with Crippen LogP contribution in [0.5, 0.6) is 0 Å². The summed E-state index contributed by atoms with van der Waals surface area (Å²) in [6.07, 6.45) is 11.0. The second kappa shape index (κ2) is 8.58. The number of carbonyl (C=O) groups is 1. The van der Waals surface area contributed by atoms with Crippen molar-refractivity contribution >= 4 is 5.91 Å². The van der Waals surface area contributed by atoms with E-state index in [0.29, 0.717) is 31.6 Å². The van der Waals surface area contributed by atoms with Crippen LogP contribution in [0.4, 0.5) is 0 Å². The van der Waals surface area contributed by atoms with E-state index in [4.69, 9.17) is 0 Å². The van der Waals surface area contributed by atoms with Gasteiger partial charge in [0.1, 0.15) is 0 Å². The fourth-order valence-corrected chi connectivity index (χ4v) is 4.32. The zero-order valence-electron chi connectivity index (χ0n) is 14.4. The second-order valence-corrected chi connectivity index (χ2v) is 7.14. The first kappa shape index (κ1) is 17.4. The summed E-state index contributed by atoms with van der Waals surface area (Å²) in [5.74, 6) is 0.935. The zero-order valence-corrected chi connectivity index (χ0v) is 14.4. The lowest BCUT2D eigenvalue weighted by molar-refractivity contribution is -0.139. The number of piperidine rings is 1. The van der Waals surface area contributed by atoms with Gasteiger partial charge in [0.25, 0.3) is 0 Å². The number of pyridine rings is 1. The van der Waals surface area contributed by atoms with Crippen molar-refractivity contribution in [2.24, 2.45) is 5.92 Å². The molecule has 5 heteroatoms. The fraction of sp³-hybridized carbons (Fsp3) is 0.684. The molecule has 2 fully saturated rings. The first-order valence-electron chi connectivity index (χ1n) is 9.29. The molecule has 0 aromatic carbocycles. The van der Waals surface area contributed by atoms with Gasteiger partial charge in [0.2, 0.25) is 5.91 Å². The Morgan fingerprint density at radius 2 is 2.12 bits per heavy atom. The number of aliphatic hydroxyl groups excluding tert-OH is 1. The Kier molecular flexibility index (Phi) is 6.21. The zero-order chi connectivity index (χ0) is 16.8. The molecule has 1 aliphatic carbocycles. The number of rotatable bonds is 6. The van der Waals surface area contributed by atoms with Crippen LogP contribution in [0.15, 0.2) is 24.5 Å². The summed E-state index contributed by atoms with van der Waals surface area (Å²) in [7, 11) is 0. The van der Waals surface area contributed by atoms with Gasteiger partial charge in [-0.1, -0.05) is 18.9 Å². The molecule has 1 aromatic rings. The molecular weight excluding hydrogens is 302 g/mol. The van der Waals surface area contributed by atoms with Gasteiger partial charge in [0, 0.05) is 38.1 Å². The molecule has 132 valence electrons. The normalized spacial score (nSPS) is 24.0. The highest BCUT2D eigenvalue weighted by Crippen LogP contribution is 2.35. The van der Waals surface area contributed by atoms with Crippen LogP contribution in [-0.4, -0.2) is 58.1 Å². The van der Waals surface area contributed by atoms with Gasteiger partial charge in [-0.2, -0.15) is 0 Å². The first-order valence-corrected chi connectivity index (χ1v) is 9.29. The number of aliphatic hydroxyl groups is 1. The predicted molar refractivity (Wildman–Crippen MR) is 93.3 cm³/mol. The largest absolute Gasteiger partial charge is 0.395 e. The van der Waals surface area contributed by atoms with Crippen LogP contribution in [-0.2, 0) is 11.3 Å². The number of fused-ring (bicyclic) bond motifs is 1. The fourth-order valence-electron chi connectivity index (χ4n) is 4.32. The summed E-state index contributed by atoms with van der Waals surface area (Å²) < 4.78 is 0. The van der Waals surface area contributed by atoms with Crippen molar-refractivity contribution in [2.75, 3.05) is 26.2 Å². The third-order valence-electron chi connectivity index (χ3n) is 5.47. The number of nitrogens with zero attached hydrogens (tertiary/aromatic N) is 3. The minimum absolute atomic E-state index is 0.0690. The summed E-state index contributed by atoms with van der Waals surface area (Å²) in [5, 5.41) is 9.34. The minimum Gasteiger partial charge on any atom is -0.395 e. The SMILES string of the molecule is O=C(CN(CCO)Cc1cccnc1)N1CCCC2CCCCC21. The van der Waals surface area contributed by atoms with Gasteiger partial charge in [0.05, 0.1) is 13.2 Å². The van der Waals surface area contributed by atoms with E-state index in [1.165, 1.54) is 32.1 Å². The summed E-state index contributed by atoms with van der Waals surface area (Å²) >= 11 is 0. The number of likely N-dealkylation sites (tertiary alicyclic amines) is 1. The van der Waals surface area contributed by atoms with E-state index in [-0.39, 0.29) is 12.5 Å². The molecule has 0 radical (unpaired) electrons. The Bertz CT molecular complexity index is 521. The maximum absolute atomic E-state index is 12.9. The average Bonchev–Trinajstić information content (AvgIpc) is 2.62. The molecule has 1 N–H and O–H groups in total. The van der Waals surface area contributed by atoms with Gasteiger partial charge in [-0.3, -0.25) is 14.7 Å². The Morgan fingerprint density at radius 1 is 1.29 bits per heavy atom. The number of carbonyl (C=O) groups excluding carboxylic acids is 1. The lowest BCUT2D eigenvalue weighted by atomic mass is 9.78. The van der Waals surface area contributed by atoms with Crippen LogP contribution in [0, 0.1) is 5.92 Å². The molecule has 1 saturated carbocycles. The average molecular weight is 331 g/mol. The lowest BCUT2D eigenvalue weighted by Gasteiger charge is -2.44. The van der Waals surface area contributed by atoms with E-state index in [9.17, 15) is 9.90 Å². The Balaban J connectivity index is 1.62. The molecular formula is C19H29N3O2. The number of amides is 1. The Morgan fingerprint density at radius 3 is 2.92 bits per heavy atom. The topological polar surface area (TPSA) is 56.7 Å². The smallest absolute Gasteiger partial charge is 0.237 e. The lowest BCUT2D eigenvalue weighted by Crippen LogP contribution is -2.52. The first-order chi connectivity index (χ1) is 11.8. The highest BCUT2D eigenvalue weighted by atomic mass is 16.3. The predicted octanol–water partition coefficient (Wildman–Crippen LogP) is 2.06. The van der Waals surface area contributed by atoms with E-state index in [1.54, 1.807) is 6.20 Å². The summed E-state index contributed by atoms with van der Waals surface area (Å²) in [5.41, 5.74) is 1.08. The molecule has 3 rings (SSSR count). The van der Waals surface area contributed by atoms with Crippen molar-refractivity contribution in [3.63, 3.8) is 0 Å². The third kappa shape index (κ3) is 4.33. The van der Waals surface area contributed by atoms with E-state index in [2.05, 4.69) is 9.88 Å². The molecule has 1 amide bonds. The van der Waals surface area contributed by atoms with E-state index >= 15 is 0 Å². The second-order valence-electron chi connectivity index (χ2n) is 7.14. The molecule has 1 saturated heterocycles. The molecule has 1 aromatic heterocycles. The van der Waals surface area contributed by atoms with Crippen LogP contribution in [0.25, 0.3) is 0 Å². The van der Waals surface area contributed by atoms with E-state index in [0.717, 1.165) is 18.5 Å². The van der Waals surface area contributed by atoms with Crippen molar-refractivity contribution in [1.82, 2.24) is 14.8 Å². The maximum atomic E-state index is 12.9. The molecule has 2 atom stereocenters. The summed E-state index contributed by atoms with van der Waals surface area (Å²) in [6, 6.07) is 4.38. The van der Waals surface area contributed by atoms with Gasteiger partial charge >= 0.3 is 0 Å². The molecule has 5 nitrogen and oxygen atoms in total.